The van der Waals surface area contributed by atoms with Crippen LogP contribution in [-0.4, -0.2) is 48.5 Å². The summed E-state index contributed by atoms with van der Waals surface area (Å²) in [5.74, 6) is 2.68. The third-order valence-corrected chi connectivity index (χ3v) is 5.74. The van der Waals surface area contributed by atoms with Gasteiger partial charge in [0.2, 0.25) is 17.7 Å². The number of terminal acetylenes is 1. The summed E-state index contributed by atoms with van der Waals surface area (Å²) in [7, 11) is 1.55. The first-order chi connectivity index (χ1) is 14.5. The Hall–Kier alpha value is -3.24. The molecule has 30 heavy (non-hydrogen) atoms. The number of benzene rings is 2. The minimum atomic E-state index is -0.326. The summed E-state index contributed by atoms with van der Waals surface area (Å²) in [6.45, 7) is 0.528. The molecule has 6 nitrogen and oxygen atoms in total. The van der Waals surface area contributed by atoms with Crippen LogP contribution in [0.1, 0.15) is 18.4 Å². The molecule has 1 aliphatic heterocycles. The second kappa shape index (κ2) is 9.99. The Morgan fingerprint density at radius 1 is 1.17 bits per heavy atom. The number of hydrogen-bond donors (Lipinski definition) is 1. The van der Waals surface area contributed by atoms with Crippen molar-refractivity contribution < 1.29 is 14.4 Å². The number of amides is 3. The number of rotatable bonds is 6. The Morgan fingerprint density at radius 2 is 1.97 bits per heavy atom. The molecule has 0 bridgehead atoms. The molecule has 2 aromatic rings. The Morgan fingerprint density at radius 3 is 2.77 bits per heavy atom. The molecule has 0 atom stereocenters. The largest absolute Gasteiger partial charge is 0.336 e. The van der Waals surface area contributed by atoms with Gasteiger partial charge in [-0.1, -0.05) is 24.1 Å². The van der Waals surface area contributed by atoms with Crippen LogP contribution in [0.4, 0.5) is 11.4 Å². The van der Waals surface area contributed by atoms with E-state index >= 15 is 0 Å². The number of carbonyl (C=O) groups is 3. The number of carbonyl (C=O) groups excluding carboxylic acids is 3. The molecular formula is C23H23N3O3S. The lowest BCUT2D eigenvalue weighted by molar-refractivity contribution is -0.134. The van der Waals surface area contributed by atoms with Gasteiger partial charge in [0.05, 0.1) is 12.2 Å². The molecule has 1 aliphatic rings. The normalized spacial score (nSPS) is 12.5. The molecule has 3 rings (SSSR count). The fourth-order valence-corrected chi connectivity index (χ4v) is 4.15. The molecule has 2 aromatic carbocycles. The molecular weight excluding hydrogens is 398 g/mol. The number of nitrogens with zero attached hydrogens (tertiary/aromatic N) is 2. The summed E-state index contributed by atoms with van der Waals surface area (Å²) < 4.78 is 0. The monoisotopic (exact) mass is 421 g/mol. The highest BCUT2D eigenvalue weighted by molar-refractivity contribution is 7.99. The molecule has 0 aromatic heterocycles. The average Bonchev–Trinajstić information content (AvgIpc) is 2.76. The summed E-state index contributed by atoms with van der Waals surface area (Å²) >= 11 is 1.72. The molecule has 0 saturated heterocycles. The first-order valence-corrected chi connectivity index (χ1v) is 10.6. The van der Waals surface area contributed by atoms with Crippen LogP contribution in [0, 0.1) is 12.3 Å². The van der Waals surface area contributed by atoms with E-state index in [0.717, 1.165) is 16.3 Å². The number of para-hydroxylation sites is 1. The summed E-state index contributed by atoms with van der Waals surface area (Å²) in [4.78, 5) is 41.4. The van der Waals surface area contributed by atoms with E-state index in [1.54, 1.807) is 48.0 Å². The van der Waals surface area contributed by atoms with Gasteiger partial charge in [-0.2, -0.15) is 0 Å². The second-order valence-electron chi connectivity index (χ2n) is 6.88. The number of hydrogen-bond acceptors (Lipinski definition) is 4. The van der Waals surface area contributed by atoms with Crippen molar-refractivity contribution in [2.45, 2.75) is 17.7 Å². The highest BCUT2D eigenvalue weighted by Crippen LogP contribution is 2.34. The molecule has 0 aliphatic carbocycles. The van der Waals surface area contributed by atoms with E-state index in [1.165, 1.54) is 4.90 Å². The van der Waals surface area contributed by atoms with Gasteiger partial charge in [-0.25, -0.2) is 0 Å². The van der Waals surface area contributed by atoms with Crippen molar-refractivity contribution in [3.63, 3.8) is 0 Å². The van der Waals surface area contributed by atoms with Gasteiger partial charge in [0.15, 0.2) is 0 Å². The van der Waals surface area contributed by atoms with Gasteiger partial charge >= 0.3 is 0 Å². The van der Waals surface area contributed by atoms with Crippen LogP contribution in [0.2, 0.25) is 0 Å². The molecule has 0 spiro atoms. The maximum absolute atomic E-state index is 12.7. The van der Waals surface area contributed by atoms with Crippen molar-refractivity contribution in [2.24, 2.45) is 0 Å². The lowest BCUT2D eigenvalue weighted by atomic mass is 10.2. The fraction of sp³-hybridized carbons (Fsp3) is 0.261. The van der Waals surface area contributed by atoms with E-state index in [2.05, 4.69) is 11.2 Å². The Kier molecular flexibility index (Phi) is 7.15. The van der Waals surface area contributed by atoms with Gasteiger partial charge in [0.1, 0.15) is 0 Å². The minimum absolute atomic E-state index is 0.0565. The van der Waals surface area contributed by atoms with E-state index < -0.39 is 0 Å². The molecule has 1 N–H and O–H groups in total. The minimum Gasteiger partial charge on any atom is -0.336 e. The van der Waals surface area contributed by atoms with E-state index in [9.17, 15) is 14.4 Å². The molecule has 1 heterocycles. The van der Waals surface area contributed by atoms with Gasteiger partial charge in [0, 0.05) is 48.3 Å². The second-order valence-corrected chi connectivity index (χ2v) is 8.02. The molecule has 154 valence electrons. The highest BCUT2D eigenvalue weighted by atomic mass is 32.2. The van der Waals surface area contributed by atoms with Crippen LogP contribution < -0.4 is 10.2 Å². The first-order valence-electron chi connectivity index (χ1n) is 9.60. The predicted molar refractivity (Wildman–Crippen MR) is 119 cm³/mol. The average molecular weight is 422 g/mol. The van der Waals surface area contributed by atoms with Crippen molar-refractivity contribution in [3.8, 4) is 12.3 Å². The zero-order chi connectivity index (χ0) is 21.5. The molecule has 7 heteroatoms. The first kappa shape index (κ1) is 21.5. The molecule has 0 radical (unpaired) electrons. The lowest BCUT2D eigenvalue weighted by Gasteiger charge is -2.29. The quantitative estimate of drug-likeness (QED) is 0.728. The van der Waals surface area contributed by atoms with Crippen LogP contribution in [0.25, 0.3) is 0 Å². The van der Waals surface area contributed by atoms with Crippen molar-refractivity contribution in [2.75, 3.05) is 36.1 Å². The van der Waals surface area contributed by atoms with Crippen molar-refractivity contribution in [1.82, 2.24) is 4.90 Å². The summed E-state index contributed by atoms with van der Waals surface area (Å²) in [5, 5.41) is 2.72. The topological polar surface area (TPSA) is 69.7 Å². The summed E-state index contributed by atoms with van der Waals surface area (Å²) in [6.07, 6.45) is 5.52. The summed E-state index contributed by atoms with van der Waals surface area (Å²) in [6, 6.07) is 14.7. The van der Waals surface area contributed by atoms with E-state index in [-0.39, 0.29) is 37.1 Å². The number of nitrogens with one attached hydrogen (secondary N) is 1. The Labute approximate surface area is 180 Å². The van der Waals surface area contributed by atoms with Gasteiger partial charge < -0.3 is 15.1 Å². The zero-order valence-corrected chi connectivity index (χ0v) is 17.6. The van der Waals surface area contributed by atoms with Crippen LogP contribution >= 0.6 is 11.8 Å². The Balaban J connectivity index is 1.49. The number of thioether (sulfide) groups is 1. The SMILES string of the molecule is C#Cc1cccc(NC(=O)CN(C)C(=O)CCC(=O)N2CCSc3ccccc32)c1. The third-order valence-electron chi connectivity index (χ3n) is 4.70. The highest BCUT2D eigenvalue weighted by Gasteiger charge is 2.23. The van der Waals surface area contributed by atoms with Crippen LogP contribution in [-0.2, 0) is 14.4 Å². The molecule has 0 saturated carbocycles. The van der Waals surface area contributed by atoms with Gasteiger partial charge in [-0.15, -0.1) is 18.2 Å². The fourth-order valence-electron chi connectivity index (χ4n) is 3.16. The van der Waals surface area contributed by atoms with Crippen molar-refractivity contribution >= 4 is 40.9 Å². The van der Waals surface area contributed by atoms with E-state index in [1.807, 2.05) is 24.3 Å². The maximum Gasteiger partial charge on any atom is 0.243 e. The number of fused-ring (bicyclic) bond motifs is 1. The predicted octanol–water partition coefficient (Wildman–Crippen LogP) is 2.98. The number of anilines is 2. The van der Waals surface area contributed by atoms with Crippen LogP contribution in [0.3, 0.4) is 0 Å². The molecule has 3 amide bonds. The number of likely N-dealkylation sites (N-methyl/N-ethyl adjacent to an activating group) is 1. The zero-order valence-electron chi connectivity index (χ0n) is 16.8. The van der Waals surface area contributed by atoms with E-state index in [4.69, 9.17) is 6.42 Å². The Bertz CT molecular complexity index is 999. The maximum atomic E-state index is 12.7. The van der Waals surface area contributed by atoms with Crippen molar-refractivity contribution in [1.29, 1.82) is 0 Å². The third kappa shape index (κ3) is 5.43. The van der Waals surface area contributed by atoms with Gasteiger partial charge in [-0.05, 0) is 30.3 Å². The summed E-state index contributed by atoms with van der Waals surface area (Å²) in [5.41, 5.74) is 2.13. The standard InChI is InChI=1S/C23H23N3O3S/c1-3-17-7-6-8-18(15-17)24-21(27)16-25(2)22(28)11-12-23(29)26-13-14-30-20-10-5-4-9-19(20)26/h1,4-10,15H,11-14,16H2,2H3,(H,24,27). The lowest BCUT2D eigenvalue weighted by Crippen LogP contribution is -2.38. The van der Waals surface area contributed by atoms with Gasteiger partial charge in [-0.3, -0.25) is 14.4 Å². The molecule has 0 fully saturated rings. The van der Waals surface area contributed by atoms with E-state index in [0.29, 0.717) is 17.8 Å². The smallest absolute Gasteiger partial charge is 0.243 e. The molecule has 0 unspecified atom stereocenters. The van der Waals surface area contributed by atoms with Gasteiger partial charge in [0.25, 0.3) is 0 Å². The van der Waals surface area contributed by atoms with Crippen LogP contribution in [0.5, 0.6) is 0 Å². The van der Waals surface area contributed by atoms with Crippen LogP contribution in [0.15, 0.2) is 53.4 Å². The van der Waals surface area contributed by atoms with Crippen molar-refractivity contribution in [3.05, 3.63) is 54.1 Å².